The number of hydrogen-bond acceptors (Lipinski definition) is 1. The van der Waals surface area contributed by atoms with Crippen LogP contribution in [-0.4, -0.2) is 6.61 Å². The van der Waals surface area contributed by atoms with Gasteiger partial charge in [0.15, 0.2) is 0 Å². The van der Waals surface area contributed by atoms with Crippen LogP contribution < -0.4 is 4.74 Å². The van der Waals surface area contributed by atoms with Crippen LogP contribution in [-0.2, 0) is 6.42 Å². The molecule has 1 nitrogen and oxygen atoms in total. The van der Waals surface area contributed by atoms with Crippen molar-refractivity contribution in [2.75, 3.05) is 0 Å². The van der Waals surface area contributed by atoms with E-state index in [4.69, 9.17) is 0 Å². The highest BCUT2D eigenvalue weighted by Crippen LogP contribution is 2.35. The Bertz CT molecular complexity index is 598. The third-order valence-corrected chi connectivity index (χ3v) is 3.73. The van der Waals surface area contributed by atoms with Gasteiger partial charge in [-0.1, -0.05) is 40.2 Å². The maximum Gasteiger partial charge on any atom is 0.387 e. The number of hydrogen-bond donors (Lipinski definition) is 0. The summed E-state index contributed by atoms with van der Waals surface area (Å²) in [6.07, 6.45) is -0.0257. The Morgan fingerprint density at radius 2 is 1.57 bits per heavy atom. The van der Waals surface area contributed by atoms with Gasteiger partial charge < -0.3 is 4.74 Å². The molecule has 0 fully saturated rings. The van der Waals surface area contributed by atoms with Crippen molar-refractivity contribution < 1.29 is 22.3 Å². The molecular formula is C15H11BrF4O. The highest BCUT2D eigenvalue weighted by Gasteiger charge is 2.19. The first-order chi connectivity index (χ1) is 9.99. The van der Waals surface area contributed by atoms with Gasteiger partial charge in [0, 0.05) is 16.0 Å². The SMILES string of the molecule is Fc1cccc(F)c1CC(Br)c1ccccc1OC(F)F. The quantitative estimate of drug-likeness (QED) is 0.521. The van der Waals surface area contributed by atoms with E-state index in [1.807, 2.05) is 0 Å². The predicted molar refractivity (Wildman–Crippen MR) is 74.8 cm³/mol. The highest BCUT2D eigenvalue weighted by molar-refractivity contribution is 9.09. The van der Waals surface area contributed by atoms with Gasteiger partial charge in [-0.25, -0.2) is 8.78 Å². The molecule has 112 valence electrons. The van der Waals surface area contributed by atoms with Crippen LogP contribution in [0.2, 0.25) is 0 Å². The molecule has 1 atom stereocenters. The van der Waals surface area contributed by atoms with E-state index in [1.54, 1.807) is 18.2 Å². The Labute approximate surface area is 127 Å². The lowest BCUT2D eigenvalue weighted by atomic mass is 10.0. The van der Waals surface area contributed by atoms with Crippen molar-refractivity contribution >= 4 is 15.9 Å². The lowest BCUT2D eigenvalue weighted by Gasteiger charge is -2.16. The van der Waals surface area contributed by atoms with Crippen molar-refractivity contribution in [3.8, 4) is 5.75 Å². The zero-order valence-corrected chi connectivity index (χ0v) is 12.3. The van der Waals surface area contributed by atoms with Gasteiger partial charge in [-0.3, -0.25) is 0 Å². The maximum atomic E-state index is 13.6. The average Bonchev–Trinajstić information content (AvgIpc) is 2.43. The van der Waals surface area contributed by atoms with Gasteiger partial charge in [0.2, 0.25) is 0 Å². The zero-order chi connectivity index (χ0) is 15.4. The fourth-order valence-electron chi connectivity index (χ4n) is 1.96. The number of rotatable bonds is 5. The van der Waals surface area contributed by atoms with Crippen molar-refractivity contribution in [1.29, 1.82) is 0 Å². The van der Waals surface area contributed by atoms with E-state index in [1.165, 1.54) is 12.1 Å². The summed E-state index contributed by atoms with van der Waals surface area (Å²) in [7, 11) is 0. The van der Waals surface area contributed by atoms with Gasteiger partial charge >= 0.3 is 6.61 Å². The minimum absolute atomic E-state index is 0.0221. The molecule has 0 amide bonds. The topological polar surface area (TPSA) is 9.23 Å². The number of para-hydroxylation sites is 1. The van der Waals surface area contributed by atoms with E-state index in [0.29, 0.717) is 5.56 Å². The summed E-state index contributed by atoms with van der Waals surface area (Å²) in [5, 5.41) is 0. The fraction of sp³-hybridized carbons (Fsp3) is 0.200. The van der Waals surface area contributed by atoms with E-state index in [-0.39, 0.29) is 17.7 Å². The number of benzene rings is 2. The largest absolute Gasteiger partial charge is 0.435 e. The molecule has 0 saturated heterocycles. The summed E-state index contributed by atoms with van der Waals surface area (Å²) >= 11 is 3.27. The molecule has 2 aromatic rings. The summed E-state index contributed by atoms with van der Waals surface area (Å²) in [6, 6.07) is 9.71. The maximum absolute atomic E-state index is 13.6. The second kappa shape index (κ2) is 6.93. The van der Waals surface area contributed by atoms with Crippen molar-refractivity contribution in [2.45, 2.75) is 17.9 Å². The Kier molecular flexibility index (Phi) is 5.22. The van der Waals surface area contributed by atoms with Crippen LogP contribution in [0.4, 0.5) is 17.6 Å². The Morgan fingerprint density at radius 1 is 0.952 bits per heavy atom. The predicted octanol–water partition coefficient (Wildman–Crippen LogP) is 5.24. The summed E-state index contributed by atoms with van der Waals surface area (Å²) < 4.78 is 56.4. The van der Waals surface area contributed by atoms with Crippen LogP contribution in [0.15, 0.2) is 42.5 Å². The Hall–Kier alpha value is -1.56. The third-order valence-electron chi connectivity index (χ3n) is 2.92. The molecular weight excluding hydrogens is 352 g/mol. The van der Waals surface area contributed by atoms with Gasteiger partial charge in [0.25, 0.3) is 0 Å². The molecule has 0 bridgehead atoms. The molecule has 0 saturated carbocycles. The van der Waals surface area contributed by atoms with Crippen molar-refractivity contribution in [2.24, 2.45) is 0 Å². The fourth-order valence-corrected chi connectivity index (χ4v) is 2.66. The lowest BCUT2D eigenvalue weighted by Crippen LogP contribution is -2.07. The molecule has 2 rings (SSSR count). The molecule has 0 heterocycles. The third kappa shape index (κ3) is 3.97. The van der Waals surface area contributed by atoms with Gasteiger partial charge in [0.1, 0.15) is 17.4 Å². The summed E-state index contributed by atoms with van der Waals surface area (Å²) in [5.74, 6) is -1.37. The van der Waals surface area contributed by atoms with E-state index in [0.717, 1.165) is 12.1 Å². The molecule has 0 aliphatic rings. The molecule has 0 aliphatic carbocycles. The summed E-state index contributed by atoms with van der Waals surface area (Å²) in [4.78, 5) is -0.557. The van der Waals surface area contributed by atoms with Crippen LogP contribution in [0.25, 0.3) is 0 Å². The normalized spacial score (nSPS) is 12.5. The molecule has 2 aromatic carbocycles. The smallest absolute Gasteiger partial charge is 0.387 e. The van der Waals surface area contributed by atoms with Crippen molar-refractivity contribution in [3.63, 3.8) is 0 Å². The van der Waals surface area contributed by atoms with Crippen LogP contribution in [0, 0.1) is 11.6 Å². The van der Waals surface area contributed by atoms with Crippen molar-refractivity contribution in [3.05, 3.63) is 65.2 Å². The molecule has 0 radical (unpaired) electrons. The number of halogens is 5. The summed E-state index contributed by atoms with van der Waals surface area (Å²) in [6.45, 7) is -2.96. The minimum atomic E-state index is -2.96. The molecule has 0 N–H and O–H groups in total. The second-order valence-corrected chi connectivity index (χ2v) is 5.39. The second-order valence-electron chi connectivity index (χ2n) is 4.29. The number of ether oxygens (including phenoxy) is 1. The van der Waals surface area contributed by atoms with Crippen LogP contribution >= 0.6 is 15.9 Å². The first kappa shape index (κ1) is 15.8. The molecule has 21 heavy (non-hydrogen) atoms. The monoisotopic (exact) mass is 362 g/mol. The standard InChI is InChI=1S/C15H11BrF4O/c16-11(8-10-12(17)5-3-6-13(10)18)9-4-1-2-7-14(9)21-15(19)20/h1-7,11,15H,8H2. The van der Waals surface area contributed by atoms with Gasteiger partial charge in [0.05, 0.1) is 0 Å². The van der Waals surface area contributed by atoms with Crippen LogP contribution in [0.1, 0.15) is 16.0 Å². The zero-order valence-electron chi connectivity index (χ0n) is 10.7. The summed E-state index contributed by atoms with van der Waals surface area (Å²) in [5.41, 5.74) is 0.298. The lowest BCUT2D eigenvalue weighted by molar-refractivity contribution is -0.0504. The molecule has 0 aromatic heterocycles. The van der Waals surface area contributed by atoms with E-state index >= 15 is 0 Å². The highest BCUT2D eigenvalue weighted by atomic mass is 79.9. The average molecular weight is 363 g/mol. The van der Waals surface area contributed by atoms with E-state index in [2.05, 4.69) is 20.7 Å². The van der Waals surface area contributed by atoms with Gasteiger partial charge in [-0.2, -0.15) is 8.78 Å². The van der Waals surface area contributed by atoms with E-state index in [9.17, 15) is 17.6 Å². The minimum Gasteiger partial charge on any atom is -0.435 e. The van der Waals surface area contributed by atoms with Crippen LogP contribution in [0.5, 0.6) is 5.75 Å². The Balaban J connectivity index is 2.26. The first-order valence-corrected chi connectivity index (χ1v) is 7.01. The molecule has 0 aliphatic heterocycles. The van der Waals surface area contributed by atoms with Gasteiger partial charge in [-0.05, 0) is 24.6 Å². The van der Waals surface area contributed by atoms with E-state index < -0.39 is 23.1 Å². The van der Waals surface area contributed by atoms with Gasteiger partial charge in [-0.15, -0.1) is 0 Å². The molecule has 6 heteroatoms. The first-order valence-electron chi connectivity index (χ1n) is 6.09. The van der Waals surface area contributed by atoms with Crippen molar-refractivity contribution in [1.82, 2.24) is 0 Å². The molecule has 1 unspecified atom stereocenters. The molecule has 0 spiro atoms. The van der Waals surface area contributed by atoms with Crippen LogP contribution in [0.3, 0.4) is 0 Å². The number of alkyl halides is 3. The Morgan fingerprint density at radius 3 is 2.19 bits per heavy atom.